The van der Waals surface area contributed by atoms with Crippen molar-refractivity contribution in [2.45, 2.75) is 51.9 Å². The van der Waals surface area contributed by atoms with Gasteiger partial charge in [0.25, 0.3) is 0 Å². The van der Waals surface area contributed by atoms with Crippen LogP contribution in [0, 0.1) is 5.92 Å². The smallest absolute Gasteiger partial charge is 0.410 e. The molecule has 6 heterocycles. The molecular formula is C30H33N7O4. The van der Waals surface area contributed by atoms with Gasteiger partial charge in [0.15, 0.2) is 11.9 Å². The Hall–Kier alpha value is -4.25. The minimum Gasteiger partial charge on any atom is -0.444 e. The second kappa shape index (κ2) is 9.69. The van der Waals surface area contributed by atoms with Gasteiger partial charge in [0.1, 0.15) is 23.0 Å². The van der Waals surface area contributed by atoms with Crippen LogP contribution < -0.4 is 4.90 Å². The number of rotatable bonds is 4. The van der Waals surface area contributed by atoms with E-state index in [-0.39, 0.29) is 18.2 Å². The molecule has 3 aromatic heterocycles. The van der Waals surface area contributed by atoms with Crippen LogP contribution in [0.5, 0.6) is 0 Å². The Labute approximate surface area is 237 Å². The van der Waals surface area contributed by atoms with Gasteiger partial charge in [-0.25, -0.2) is 14.8 Å². The predicted molar refractivity (Wildman–Crippen MR) is 154 cm³/mol. The van der Waals surface area contributed by atoms with Gasteiger partial charge >= 0.3 is 6.09 Å². The maximum atomic E-state index is 12.7. The molecule has 3 aliphatic rings. The lowest BCUT2D eigenvalue weighted by Crippen LogP contribution is -2.36. The number of aromatic nitrogens is 5. The lowest BCUT2D eigenvalue weighted by atomic mass is 10.1. The summed E-state index contributed by atoms with van der Waals surface area (Å²) < 4.78 is 13.7. The van der Waals surface area contributed by atoms with Crippen LogP contribution >= 0.6 is 0 Å². The van der Waals surface area contributed by atoms with Crippen LogP contribution in [-0.2, 0) is 9.47 Å². The fourth-order valence-corrected chi connectivity index (χ4v) is 6.00. The number of imidazole rings is 1. The van der Waals surface area contributed by atoms with Crippen molar-refractivity contribution in [2.24, 2.45) is 5.92 Å². The second-order valence-electron chi connectivity index (χ2n) is 12.1. The van der Waals surface area contributed by atoms with E-state index in [1.165, 1.54) is 5.57 Å². The van der Waals surface area contributed by atoms with Crippen LogP contribution in [0.4, 0.5) is 10.7 Å². The number of hydrogen-bond donors (Lipinski definition) is 1. The number of aromatic amines is 1. The number of hydrogen-bond acceptors (Lipinski definition) is 8. The highest BCUT2D eigenvalue weighted by atomic mass is 16.6. The molecule has 7 rings (SSSR count). The first kappa shape index (κ1) is 25.7. The number of benzene rings is 1. The molecular weight excluding hydrogens is 522 g/mol. The largest absolute Gasteiger partial charge is 0.444 e. The third-order valence-corrected chi connectivity index (χ3v) is 7.98. The molecule has 0 bridgehead atoms. The molecule has 212 valence electrons. The van der Waals surface area contributed by atoms with Gasteiger partial charge in [0.05, 0.1) is 6.33 Å². The summed E-state index contributed by atoms with van der Waals surface area (Å²) >= 11 is 0. The van der Waals surface area contributed by atoms with Crippen LogP contribution in [-0.4, -0.2) is 73.6 Å². The lowest BCUT2D eigenvalue weighted by molar-refractivity contribution is -0.0298. The Balaban J connectivity index is 1.27. The fourth-order valence-electron chi connectivity index (χ4n) is 6.00. The van der Waals surface area contributed by atoms with Gasteiger partial charge in [-0.3, -0.25) is 9.36 Å². The van der Waals surface area contributed by atoms with E-state index in [2.05, 4.69) is 16.1 Å². The molecule has 41 heavy (non-hydrogen) atoms. The third kappa shape index (κ3) is 4.63. The normalized spacial score (nSPS) is 21.0. The van der Waals surface area contributed by atoms with E-state index in [0.29, 0.717) is 43.3 Å². The van der Waals surface area contributed by atoms with Gasteiger partial charge in [0.2, 0.25) is 5.95 Å². The van der Waals surface area contributed by atoms with Gasteiger partial charge < -0.3 is 24.3 Å². The molecule has 2 unspecified atom stereocenters. The molecule has 2 fully saturated rings. The highest BCUT2D eigenvalue weighted by Crippen LogP contribution is 2.36. The van der Waals surface area contributed by atoms with Crippen LogP contribution in [0.3, 0.4) is 0 Å². The Morgan fingerprint density at radius 2 is 2.07 bits per heavy atom. The van der Waals surface area contributed by atoms with Gasteiger partial charge in [0, 0.05) is 66.6 Å². The number of anilines is 1. The Kier molecular flexibility index (Phi) is 6.07. The van der Waals surface area contributed by atoms with Gasteiger partial charge in [-0.05, 0) is 51.7 Å². The first-order valence-corrected chi connectivity index (χ1v) is 14.2. The Morgan fingerprint density at radius 3 is 2.83 bits per heavy atom. The first-order chi connectivity index (χ1) is 19.8. The summed E-state index contributed by atoms with van der Waals surface area (Å²) in [4.78, 5) is 46.0. The number of ether oxygens (including phenoxy) is 2. The van der Waals surface area contributed by atoms with E-state index in [9.17, 15) is 9.59 Å². The van der Waals surface area contributed by atoms with Crippen molar-refractivity contribution in [2.75, 3.05) is 31.1 Å². The van der Waals surface area contributed by atoms with Gasteiger partial charge in [-0.2, -0.15) is 4.98 Å². The lowest BCUT2D eigenvalue weighted by Gasteiger charge is -2.25. The first-order valence-electron chi connectivity index (χ1n) is 14.2. The molecule has 0 radical (unpaired) electrons. The highest BCUT2D eigenvalue weighted by Gasteiger charge is 2.38. The molecule has 11 heteroatoms. The molecule has 11 nitrogen and oxygen atoms in total. The number of carbonyl (C=O) groups excluding carboxylic acids is 2. The quantitative estimate of drug-likeness (QED) is 0.347. The standard InChI is InChI=1S/C30H33N7O4/c1-30(2,3)41-29(39)36-14-20-12-35(13-21(20)15-36)28-33-25(18-7-8-22-19(16-38)11-31-23(22)10-18)26-27(34-28)37(17-32-26)24-6-4-5-9-40-24/h7-8,10-12,16-17,21,24,31H,4-6,9,13-15H2,1-3H3. The van der Waals surface area contributed by atoms with Crippen molar-refractivity contribution in [1.82, 2.24) is 29.4 Å². The summed E-state index contributed by atoms with van der Waals surface area (Å²) in [6, 6.07) is 5.91. The van der Waals surface area contributed by atoms with Crippen LogP contribution in [0.15, 0.2) is 42.5 Å². The maximum Gasteiger partial charge on any atom is 0.410 e. The van der Waals surface area contributed by atoms with E-state index in [0.717, 1.165) is 53.4 Å². The summed E-state index contributed by atoms with van der Waals surface area (Å²) in [7, 11) is 0. The van der Waals surface area contributed by atoms with Crippen LogP contribution in [0.25, 0.3) is 33.3 Å². The molecule has 1 N–H and O–H groups in total. The van der Waals surface area contributed by atoms with Crippen LogP contribution in [0.1, 0.15) is 56.6 Å². The molecule has 2 saturated heterocycles. The minimum absolute atomic E-state index is 0.121. The zero-order valence-electron chi connectivity index (χ0n) is 23.5. The summed E-state index contributed by atoms with van der Waals surface area (Å²) in [6.07, 6.45) is 9.08. The highest BCUT2D eigenvalue weighted by molar-refractivity contribution is 6.00. The predicted octanol–water partition coefficient (Wildman–Crippen LogP) is 5.06. The Bertz CT molecular complexity index is 1690. The molecule has 0 aliphatic carbocycles. The number of fused-ring (bicyclic) bond motifs is 3. The van der Waals surface area contributed by atoms with Crippen molar-refractivity contribution in [3.05, 3.63) is 48.1 Å². The Morgan fingerprint density at radius 1 is 1.20 bits per heavy atom. The molecule has 0 spiro atoms. The van der Waals surface area contributed by atoms with Crippen molar-refractivity contribution in [1.29, 1.82) is 0 Å². The van der Waals surface area contributed by atoms with Crippen molar-refractivity contribution in [3.8, 4) is 11.3 Å². The third-order valence-electron chi connectivity index (χ3n) is 7.98. The summed E-state index contributed by atoms with van der Waals surface area (Å²) in [5.41, 5.74) is 5.13. The molecule has 2 atom stereocenters. The average molecular weight is 556 g/mol. The summed E-state index contributed by atoms with van der Waals surface area (Å²) in [6.45, 7) is 8.16. The number of aldehydes is 1. The number of likely N-dealkylation sites (tertiary alicyclic amines) is 1. The van der Waals surface area contributed by atoms with Gasteiger partial charge in [-0.1, -0.05) is 12.1 Å². The van der Waals surface area contributed by atoms with E-state index in [1.807, 2.05) is 43.5 Å². The number of H-pyrrole nitrogens is 1. The van der Waals surface area contributed by atoms with Crippen molar-refractivity contribution in [3.63, 3.8) is 0 Å². The number of carbonyl (C=O) groups is 2. The van der Waals surface area contributed by atoms with Crippen molar-refractivity contribution < 1.29 is 19.1 Å². The van der Waals surface area contributed by atoms with E-state index < -0.39 is 5.60 Å². The fraction of sp³-hybridized carbons (Fsp3) is 0.433. The van der Waals surface area contributed by atoms with Crippen LogP contribution in [0.2, 0.25) is 0 Å². The molecule has 4 aromatic rings. The topological polar surface area (TPSA) is 118 Å². The number of amides is 1. The van der Waals surface area contributed by atoms with Crippen molar-refractivity contribution >= 4 is 40.4 Å². The molecule has 1 aromatic carbocycles. The monoisotopic (exact) mass is 555 g/mol. The summed E-state index contributed by atoms with van der Waals surface area (Å²) in [5, 5.41) is 0.863. The molecule has 1 amide bonds. The number of nitrogens with zero attached hydrogens (tertiary/aromatic N) is 6. The van der Waals surface area contributed by atoms with E-state index >= 15 is 0 Å². The summed E-state index contributed by atoms with van der Waals surface area (Å²) in [5.74, 6) is 0.768. The maximum absolute atomic E-state index is 12.7. The number of nitrogens with one attached hydrogen (secondary N) is 1. The SMILES string of the molecule is CC(C)(C)OC(=O)N1CC2=CN(c3nc(-c4ccc5c(C=O)c[nH]c5c4)c4ncn(C5CCCCO5)c4n3)CC2C1. The minimum atomic E-state index is -0.530. The molecule has 0 saturated carbocycles. The zero-order chi connectivity index (χ0) is 28.3. The average Bonchev–Trinajstić information content (AvgIpc) is 3.73. The second-order valence-corrected chi connectivity index (χ2v) is 12.1. The van der Waals surface area contributed by atoms with Gasteiger partial charge in [-0.15, -0.1) is 0 Å². The van der Waals surface area contributed by atoms with E-state index in [1.54, 1.807) is 17.4 Å². The molecule has 3 aliphatic heterocycles. The van der Waals surface area contributed by atoms with E-state index in [4.69, 9.17) is 24.4 Å². The zero-order valence-corrected chi connectivity index (χ0v) is 23.5.